The van der Waals surface area contributed by atoms with E-state index in [1.54, 1.807) is 12.1 Å². The minimum Gasteiger partial charge on any atom is -0.376 e. The SMILES string of the molecule is O[C@H](C#Cc1ccccc1)c1ccccc1[C@H](O)C#Cc1ccccc1. The van der Waals surface area contributed by atoms with Crippen molar-refractivity contribution in [2.24, 2.45) is 0 Å². The first-order valence-corrected chi connectivity index (χ1v) is 8.32. The van der Waals surface area contributed by atoms with E-state index in [2.05, 4.69) is 23.7 Å². The van der Waals surface area contributed by atoms with Crippen LogP contribution in [0.5, 0.6) is 0 Å². The topological polar surface area (TPSA) is 40.5 Å². The molecule has 0 amide bonds. The van der Waals surface area contributed by atoms with Crippen LogP contribution in [0.3, 0.4) is 0 Å². The van der Waals surface area contributed by atoms with Crippen LogP contribution in [0, 0.1) is 23.7 Å². The van der Waals surface area contributed by atoms with E-state index in [0.29, 0.717) is 11.1 Å². The van der Waals surface area contributed by atoms with E-state index in [1.165, 1.54) is 0 Å². The second-order valence-corrected chi connectivity index (χ2v) is 5.70. The maximum absolute atomic E-state index is 10.5. The molecule has 26 heavy (non-hydrogen) atoms. The largest absolute Gasteiger partial charge is 0.376 e. The van der Waals surface area contributed by atoms with E-state index in [0.717, 1.165) is 11.1 Å². The van der Waals surface area contributed by atoms with Crippen LogP contribution in [0.2, 0.25) is 0 Å². The van der Waals surface area contributed by atoms with E-state index < -0.39 is 12.2 Å². The lowest BCUT2D eigenvalue weighted by molar-refractivity contribution is 0.215. The highest BCUT2D eigenvalue weighted by molar-refractivity contribution is 5.43. The molecule has 0 aliphatic carbocycles. The highest BCUT2D eigenvalue weighted by Gasteiger charge is 2.14. The summed E-state index contributed by atoms with van der Waals surface area (Å²) in [6, 6.07) is 26.1. The molecule has 126 valence electrons. The molecule has 2 heteroatoms. The van der Waals surface area contributed by atoms with Gasteiger partial charge in [-0.15, -0.1) is 0 Å². The number of aliphatic hydroxyl groups is 2. The smallest absolute Gasteiger partial charge is 0.141 e. The summed E-state index contributed by atoms with van der Waals surface area (Å²) in [6.45, 7) is 0. The molecule has 0 saturated heterocycles. The summed E-state index contributed by atoms with van der Waals surface area (Å²) in [7, 11) is 0. The van der Waals surface area contributed by atoms with Gasteiger partial charge in [0, 0.05) is 11.1 Å². The van der Waals surface area contributed by atoms with Crippen molar-refractivity contribution in [1.29, 1.82) is 0 Å². The predicted molar refractivity (Wildman–Crippen MR) is 103 cm³/mol. The minimum atomic E-state index is -1.00. The van der Waals surface area contributed by atoms with Gasteiger partial charge in [0.15, 0.2) is 0 Å². The van der Waals surface area contributed by atoms with E-state index in [-0.39, 0.29) is 0 Å². The van der Waals surface area contributed by atoms with Crippen LogP contribution in [0.1, 0.15) is 34.5 Å². The average Bonchev–Trinajstić information content (AvgIpc) is 2.72. The molecule has 0 saturated carbocycles. The Morgan fingerprint density at radius 1 is 0.500 bits per heavy atom. The zero-order chi connectivity index (χ0) is 18.2. The predicted octanol–water partition coefficient (Wildman–Crippen LogP) is 3.86. The van der Waals surface area contributed by atoms with Crippen molar-refractivity contribution in [3.05, 3.63) is 107 Å². The molecule has 0 fully saturated rings. The van der Waals surface area contributed by atoms with Crippen molar-refractivity contribution in [2.45, 2.75) is 12.2 Å². The highest BCUT2D eigenvalue weighted by atomic mass is 16.3. The van der Waals surface area contributed by atoms with Gasteiger partial charge in [0.1, 0.15) is 12.2 Å². The highest BCUT2D eigenvalue weighted by Crippen LogP contribution is 2.23. The monoisotopic (exact) mass is 338 g/mol. The summed E-state index contributed by atoms with van der Waals surface area (Å²) < 4.78 is 0. The fraction of sp³-hybridized carbons (Fsp3) is 0.0833. The lowest BCUT2D eigenvalue weighted by atomic mass is 9.98. The van der Waals surface area contributed by atoms with Crippen molar-refractivity contribution in [2.75, 3.05) is 0 Å². The Hall–Kier alpha value is -3.30. The average molecular weight is 338 g/mol. The number of aliphatic hydroxyl groups excluding tert-OH is 2. The Bertz CT molecular complexity index is 888. The number of rotatable bonds is 2. The lowest BCUT2D eigenvalue weighted by Crippen LogP contribution is -2.04. The van der Waals surface area contributed by atoms with Crippen LogP contribution in [0.25, 0.3) is 0 Å². The molecule has 0 radical (unpaired) electrons. The van der Waals surface area contributed by atoms with Gasteiger partial charge in [0.25, 0.3) is 0 Å². The fourth-order valence-corrected chi connectivity index (χ4v) is 2.51. The van der Waals surface area contributed by atoms with Gasteiger partial charge in [-0.1, -0.05) is 84.3 Å². The maximum atomic E-state index is 10.5. The van der Waals surface area contributed by atoms with E-state index in [9.17, 15) is 10.2 Å². The molecular formula is C24H18O2. The van der Waals surface area contributed by atoms with Crippen LogP contribution < -0.4 is 0 Å². The molecular weight excluding hydrogens is 320 g/mol. The van der Waals surface area contributed by atoms with Gasteiger partial charge in [-0.2, -0.15) is 0 Å². The normalized spacial score (nSPS) is 12.1. The van der Waals surface area contributed by atoms with Gasteiger partial charge in [0.2, 0.25) is 0 Å². The van der Waals surface area contributed by atoms with Gasteiger partial charge in [-0.05, 0) is 35.4 Å². The Morgan fingerprint density at radius 2 is 0.846 bits per heavy atom. The molecule has 0 aromatic heterocycles. The van der Waals surface area contributed by atoms with Gasteiger partial charge < -0.3 is 10.2 Å². The summed E-state index contributed by atoms with van der Waals surface area (Å²) >= 11 is 0. The maximum Gasteiger partial charge on any atom is 0.141 e. The minimum absolute atomic E-state index is 0.561. The number of hydrogen-bond donors (Lipinski definition) is 2. The standard InChI is InChI=1S/C24H18O2/c25-23(17-15-19-9-3-1-4-10-19)21-13-7-8-14-22(21)24(26)18-16-20-11-5-2-6-12-20/h1-14,23-26H/t23-,24-/m1/s1. The summed E-state index contributed by atoms with van der Waals surface area (Å²) in [5.41, 5.74) is 2.78. The second-order valence-electron chi connectivity index (χ2n) is 5.70. The number of benzene rings is 3. The van der Waals surface area contributed by atoms with Gasteiger partial charge >= 0.3 is 0 Å². The summed E-state index contributed by atoms with van der Waals surface area (Å²) in [5, 5.41) is 20.9. The quantitative estimate of drug-likeness (QED) is 0.697. The van der Waals surface area contributed by atoms with Crippen molar-refractivity contribution < 1.29 is 10.2 Å². The summed E-state index contributed by atoms with van der Waals surface area (Å²) in [6.07, 6.45) is -2.00. The first-order chi connectivity index (χ1) is 12.7. The first-order valence-electron chi connectivity index (χ1n) is 8.32. The first kappa shape index (κ1) is 17.5. The zero-order valence-corrected chi connectivity index (χ0v) is 14.1. The van der Waals surface area contributed by atoms with E-state index >= 15 is 0 Å². The van der Waals surface area contributed by atoms with Crippen molar-refractivity contribution in [3.63, 3.8) is 0 Å². The summed E-state index contributed by atoms with van der Waals surface area (Å²) in [5.74, 6) is 11.6. The third-order valence-corrected chi connectivity index (χ3v) is 3.84. The van der Waals surface area contributed by atoms with Crippen LogP contribution in [-0.4, -0.2) is 10.2 Å². The van der Waals surface area contributed by atoms with Gasteiger partial charge in [-0.3, -0.25) is 0 Å². The van der Waals surface area contributed by atoms with Crippen LogP contribution in [0.15, 0.2) is 84.9 Å². The van der Waals surface area contributed by atoms with Gasteiger partial charge in [-0.25, -0.2) is 0 Å². The molecule has 0 spiro atoms. The Labute approximate surface area is 153 Å². The Kier molecular flexibility index (Phi) is 5.86. The Morgan fingerprint density at radius 3 is 1.23 bits per heavy atom. The molecule has 2 atom stereocenters. The summed E-state index contributed by atoms with van der Waals surface area (Å²) in [4.78, 5) is 0. The molecule has 3 aromatic carbocycles. The lowest BCUT2D eigenvalue weighted by Gasteiger charge is -2.12. The van der Waals surface area contributed by atoms with Crippen molar-refractivity contribution in [3.8, 4) is 23.7 Å². The molecule has 0 unspecified atom stereocenters. The molecule has 0 aliphatic rings. The molecule has 0 aliphatic heterocycles. The second kappa shape index (κ2) is 8.70. The zero-order valence-electron chi connectivity index (χ0n) is 14.1. The fourth-order valence-electron chi connectivity index (χ4n) is 2.51. The van der Waals surface area contributed by atoms with Crippen molar-refractivity contribution in [1.82, 2.24) is 0 Å². The Balaban J connectivity index is 1.84. The molecule has 2 nitrogen and oxygen atoms in total. The van der Waals surface area contributed by atoms with Gasteiger partial charge in [0.05, 0.1) is 0 Å². The molecule has 0 bridgehead atoms. The van der Waals surface area contributed by atoms with Crippen LogP contribution >= 0.6 is 0 Å². The molecule has 3 aromatic rings. The molecule has 3 rings (SSSR count). The third-order valence-electron chi connectivity index (χ3n) is 3.84. The molecule has 2 N–H and O–H groups in total. The van der Waals surface area contributed by atoms with E-state index in [4.69, 9.17) is 0 Å². The number of hydrogen-bond acceptors (Lipinski definition) is 2. The van der Waals surface area contributed by atoms with E-state index in [1.807, 2.05) is 72.8 Å². The third kappa shape index (κ3) is 4.62. The van der Waals surface area contributed by atoms with Crippen LogP contribution in [-0.2, 0) is 0 Å². The van der Waals surface area contributed by atoms with Crippen molar-refractivity contribution >= 4 is 0 Å². The molecule has 0 heterocycles. The van der Waals surface area contributed by atoms with Crippen LogP contribution in [0.4, 0.5) is 0 Å².